The van der Waals surface area contributed by atoms with Gasteiger partial charge >= 0.3 is 0 Å². The van der Waals surface area contributed by atoms with Gasteiger partial charge in [-0.25, -0.2) is 4.98 Å². The van der Waals surface area contributed by atoms with E-state index in [1.807, 2.05) is 0 Å². The molecule has 0 fully saturated rings. The van der Waals surface area contributed by atoms with E-state index in [1.165, 1.54) is 35.6 Å². The Hall–Kier alpha value is -1.57. The second-order valence-electron chi connectivity index (χ2n) is 4.44. The van der Waals surface area contributed by atoms with Gasteiger partial charge in [0, 0.05) is 18.5 Å². The van der Waals surface area contributed by atoms with Gasteiger partial charge in [0.05, 0.1) is 11.4 Å². The van der Waals surface area contributed by atoms with Gasteiger partial charge in [-0.15, -0.1) is 0 Å². The Morgan fingerprint density at radius 2 is 1.94 bits per heavy atom. The maximum absolute atomic E-state index is 4.69. The largest absolute Gasteiger partial charge is 0.328 e. The van der Waals surface area contributed by atoms with Crippen LogP contribution >= 0.6 is 0 Å². The van der Waals surface area contributed by atoms with E-state index in [0.29, 0.717) is 0 Å². The monoisotopic (exact) mass is 212 g/mol. The molecular formula is C14H16N2. The van der Waals surface area contributed by atoms with E-state index in [1.54, 1.807) is 0 Å². The van der Waals surface area contributed by atoms with Crippen LogP contribution in [0.3, 0.4) is 0 Å². The Morgan fingerprint density at radius 3 is 2.75 bits per heavy atom. The fourth-order valence-corrected chi connectivity index (χ4v) is 2.58. The van der Waals surface area contributed by atoms with Crippen LogP contribution in [0.5, 0.6) is 0 Å². The second-order valence-corrected chi connectivity index (χ2v) is 4.44. The van der Waals surface area contributed by atoms with Gasteiger partial charge < -0.3 is 4.57 Å². The minimum Gasteiger partial charge on any atom is -0.328 e. The summed E-state index contributed by atoms with van der Waals surface area (Å²) in [6.45, 7) is 3.24. The fourth-order valence-electron chi connectivity index (χ4n) is 2.58. The maximum atomic E-state index is 4.69. The molecule has 0 saturated carbocycles. The second kappa shape index (κ2) is 3.78. The Labute approximate surface area is 95.9 Å². The zero-order valence-electron chi connectivity index (χ0n) is 9.61. The number of fused-ring (bicyclic) bond motifs is 1. The van der Waals surface area contributed by atoms with Crippen molar-refractivity contribution in [3.8, 4) is 11.3 Å². The van der Waals surface area contributed by atoms with Gasteiger partial charge in [0.25, 0.3) is 0 Å². The lowest BCUT2D eigenvalue weighted by atomic mass is 10.1. The highest BCUT2D eigenvalue weighted by Crippen LogP contribution is 2.28. The van der Waals surface area contributed by atoms with E-state index in [4.69, 9.17) is 4.98 Å². The predicted octanol–water partition coefficient (Wildman–Crippen LogP) is 3.19. The number of hydrogen-bond donors (Lipinski definition) is 0. The number of aromatic nitrogens is 2. The van der Waals surface area contributed by atoms with Crippen molar-refractivity contribution in [2.75, 3.05) is 0 Å². The van der Waals surface area contributed by atoms with Crippen molar-refractivity contribution in [3.05, 3.63) is 41.9 Å². The van der Waals surface area contributed by atoms with Crippen molar-refractivity contribution in [2.45, 2.75) is 32.7 Å². The van der Waals surface area contributed by atoms with Gasteiger partial charge in [0.15, 0.2) is 0 Å². The lowest BCUT2D eigenvalue weighted by Gasteiger charge is -2.16. The minimum absolute atomic E-state index is 1.13. The summed E-state index contributed by atoms with van der Waals surface area (Å²) in [5.74, 6) is 1.27. The van der Waals surface area contributed by atoms with Crippen LogP contribution in [0.1, 0.15) is 24.4 Å². The molecule has 16 heavy (non-hydrogen) atoms. The van der Waals surface area contributed by atoms with Gasteiger partial charge in [0.2, 0.25) is 0 Å². The first kappa shape index (κ1) is 9.64. The van der Waals surface area contributed by atoms with E-state index < -0.39 is 0 Å². The molecule has 2 aromatic rings. The van der Waals surface area contributed by atoms with E-state index in [-0.39, 0.29) is 0 Å². The first-order chi connectivity index (χ1) is 7.86. The number of benzene rings is 1. The van der Waals surface area contributed by atoms with E-state index in [0.717, 1.165) is 13.0 Å². The Kier molecular flexibility index (Phi) is 2.28. The lowest BCUT2D eigenvalue weighted by Crippen LogP contribution is -2.11. The Balaban J connectivity index is 2.17. The third kappa shape index (κ3) is 1.45. The van der Waals surface area contributed by atoms with Gasteiger partial charge in [-0.3, -0.25) is 0 Å². The molecule has 0 amide bonds. The fraction of sp³-hybridized carbons (Fsp3) is 0.357. The van der Waals surface area contributed by atoms with Crippen molar-refractivity contribution in [1.29, 1.82) is 0 Å². The third-order valence-corrected chi connectivity index (χ3v) is 3.30. The standard InChI is InChI=1S/C14H16N2/c1-11-14(12-7-3-2-4-8-12)16-10-6-5-9-13(16)15-11/h2-4,7-8H,5-6,9-10H2,1H3. The topological polar surface area (TPSA) is 17.8 Å². The summed E-state index contributed by atoms with van der Waals surface area (Å²) in [6.07, 6.45) is 3.70. The molecule has 2 heterocycles. The summed E-state index contributed by atoms with van der Waals surface area (Å²) in [5, 5.41) is 0. The number of nitrogens with zero attached hydrogens (tertiary/aromatic N) is 2. The van der Waals surface area contributed by atoms with Crippen molar-refractivity contribution in [2.24, 2.45) is 0 Å². The zero-order chi connectivity index (χ0) is 11.0. The van der Waals surface area contributed by atoms with Crippen molar-refractivity contribution >= 4 is 0 Å². The minimum atomic E-state index is 1.13. The Bertz CT molecular complexity index is 497. The summed E-state index contributed by atoms with van der Waals surface area (Å²) < 4.78 is 2.40. The maximum Gasteiger partial charge on any atom is 0.109 e. The number of rotatable bonds is 1. The molecule has 0 N–H and O–H groups in total. The molecule has 82 valence electrons. The quantitative estimate of drug-likeness (QED) is 0.709. The van der Waals surface area contributed by atoms with Crippen LogP contribution in [0, 0.1) is 6.92 Å². The highest BCUT2D eigenvalue weighted by molar-refractivity contribution is 5.62. The van der Waals surface area contributed by atoms with Crippen LogP contribution in [-0.2, 0) is 13.0 Å². The molecule has 0 atom stereocenters. The van der Waals surface area contributed by atoms with Crippen molar-refractivity contribution in [1.82, 2.24) is 9.55 Å². The van der Waals surface area contributed by atoms with E-state index >= 15 is 0 Å². The highest BCUT2D eigenvalue weighted by atomic mass is 15.1. The Morgan fingerprint density at radius 1 is 1.12 bits per heavy atom. The highest BCUT2D eigenvalue weighted by Gasteiger charge is 2.17. The molecule has 0 spiro atoms. The van der Waals surface area contributed by atoms with Crippen LogP contribution in [-0.4, -0.2) is 9.55 Å². The number of aryl methyl sites for hydroxylation is 2. The molecule has 2 nitrogen and oxygen atoms in total. The molecule has 1 aromatic heterocycles. The van der Waals surface area contributed by atoms with Gasteiger partial charge in [0.1, 0.15) is 5.82 Å². The lowest BCUT2D eigenvalue weighted by molar-refractivity contribution is 0.526. The number of hydrogen-bond acceptors (Lipinski definition) is 1. The smallest absolute Gasteiger partial charge is 0.109 e. The van der Waals surface area contributed by atoms with Crippen LogP contribution < -0.4 is 0 Å². The van der Waals surface area contributed by atoms with Crippen LogP contribution in [0.15, 0.2) is 30.3 Å². The molecule has 0 radical (unpaired) electrons. The summed E-state index contributed by atoms with van der Waals surface area (Å²) in [7, 11) is 0. The average Bonchev–Trinajstić information content (AvgIpc) is 2.66. The summed E-state index contributed by atoms with van der Waals surface area (Å²) in [4.78, 5) is 4.69. The molecule has 2 heteroatoms. The molecule has 1 aliphatic rings. The molecule has 0 aliphatic carbocycles. The van der Waals surface area contributed by atoms with Crippen LogP contribution in [0.2, 0.25) is 0 Å². The zero-order valence-corrected chi connectivity index (χ0v) is 9.61. The summed E-state index contributed by atoms with van der Waals surface area (Å²) in [6, 6.07) is 10.6. The average molecular weight is 212 g/mol. The SMILES string of the molecule is Cc1nc2n(c1-c1ccccc1)CCCC2. The first-order valence-corrected chi connectivity index (χ1v) is 5.97. The third-order valence-electron chi connectivity index (χ3n) is 3.30. The van der Waals surface area contributed by atoms with E-state index in [9.17, 15) is 0 Å². The van der Waals surface area contributed by atoms with Gasteiger partial charge in [-0.05, 0) is 19.8 Å². The summed E-state index contributed by atoms with van der Waals surface area (Å²) in [5.41, 5.74) is 3.78. The van der Waals surface area contributed by atoms with E-state index in [2.05, 4.69) is 41.8 Å². The molecule has 3 rings (SSSR count). The molecule has 0 saturated heterocycles. The normalized spacial score (nSPS) is 14.8. The van der Waals surface area contributed by atoms with Crippen LogP contribution in [0.25, 0.3) is 11.3 Å². The number of imidazole rings is 1. The molecular weight excluding hydrogens is 196 g/mol. The van der Waals surface area contributed by atoms with Gasteiger partial charge in [-0.1, -0.05) is 30.3 Å². The molecule has 0 unspecified atom stereocenters. The predicted molar refractivity (Wildman–Crippen MR) is 65.3 cm³/mol. The van der Waals surface area contributed by atoms with Crippen LogP contribution in [0.4, 0.5) is 0 Å². The first-order valence-electron chi connectivity index (χ1n) is 5.97. The molecule has 0 bridgehead atoms. The van der Waals surface area contributed by atoms with Crippen molar-refractivity contribution in [3.63, 3.8) is 0 Å². The summed E-state index contributed by atoms with van der Waals surface area (Å²) >= 11 is 0. The molecule has 1 aromatic carbocycles. The van der Waals surface area contributed by atoms with Crippen molar-refractivity contribution < 1.29 is 0 Å². The van der Waals surface area contributed by atoms with Gasteiger partial charge in [-0.2, -0.15) is 0 Å². The molecule has 1 aliphatic heterocycles.